The van der Waals surface area contributed by atoms with Crippen LogP contribution in [-0.4, -0.2) is 23.8 Å². The molecule has 1 aliphatic rings. The molecular formula is C12H16N4O. The van der Waals surface area contributed by atoms with E-state index < -0.39 is 0 Å². The maximum absolute atomic E-state index is 11.8. The van der Waals surface area contributed by atoms with Crippen molar-refractivity contribution in [3.05, 3.63) is 39.8 Å². The van der Waals surface area contributed by atoms with Gasteiger partial charge in [-0.05, 0) is 18.9 Å². The van der Waals surface area contributed by atoms with Gasteiger partial charge < -0.3 is 10.7 Å². The number of hydrogen-bond donors (Lipinski definition) is 1. The van der Waals surface area contributed by atoms with E-state index in [0.29, 0.717) is 5.56 Å². The highest BCUT2D eigenvalue weighted by Gasteiger charge is 2.15. The zero-order chi connectivity index (χ0) is 12.4. The molecule has 0 saturated heterocycles. The molecule has 0 bridgehead atoms. The summed E-state index contributed by atoms with van der Waals surface area (Å²) in [7, 11) is 3.75. The summed E-state index contributed by atoms with van der Waals surface area (Å²) in [5.74, 6) is 0.233. The van der Waals surface area contributed by atoms with Crippen LogP contribution < -0.4 is 16.3 Å². The van der Waals surface area contributed by atoms with Gasteiger partial charge in [-0.2, -0.15) is 4.98 Å². The number of anilines is 1. The van der Waals surface area contributed by atoms with Crippen LogP contribution in [0.1, 0.15) is 17.7 Å². The SMILES string of the molecule is CN(C)n1c(N)nc(=O)c2c1CC/C=C\C=C/2. The number of nitrogen functional groups attached to an aromatic ring is 1. The number of fused-ring (bicyclic) bond motifs is 1. The van der Waals surface area contributed by atoms with Gasteiger partial charge >= 0.3 is 0 Å². The summed E-state index contributed by atoms with van der Waals surface area (Å²) in [5, 5.41) is 1.83. The smallest absolute Gasteiger partial charge is 0.282 e. The minimum Gasteiger partial charge on any atom is -0.368 e. The van der Waals surface area contributed by atoms with Crippen molar-refractivity contribution >= 4 is 12.0 Å². The predicted octanol–water partition coefficient (Wildman–Crippen LogP) is 0.539. The van der Waals surface area contributed by atoms with Crippen LogP contribution in [0.2, 0.25) is 0 Å². The van der Waals surface area contributed by atoms with Crippen LogP contribution in [-0.2, 0) is 6.42 Å². The number of hydrogen-bond acceptors (Lipinski definition) is 4. The Bertz CT molecular complexity index is 540. The summed E-state index contributed by atoms with van der Waals surface area (Å²) >= 11 is 0. The van der Waals surface area contributed by atoms with Gasteiger partial charge in [-0.15, -0.1) is 0 Å². The van der Waals surface area contributed by atoms with Gasteiger partial charge in [-0.25, -0.2) is 4.68 Å². The lowest BCUT2D eigenvalue weighted by Gasteiger charge is -2.24. The van der Waals surface area contributed by atoms with Crippen LogP contribution in [0, 0.1) is 0 Å². The van der Waals surface area contributed by atoms with E-state index in [0.717, 1.165) is 18.5 Å². The van der Waals surface area contributed by atoms with Gasteiger partial charge in [-0.1, -0.05) is 18.2 Å². The quantitative estimate of drug-likeness (QED) is 0.767. The molecule has 2 rings (SSSR count). The highest BCUT2D eigenvalue weighted by Crippen LogP contribution is 2.14. The fourth-order valence-electron chi connectivity index (χ4n) is 1.99. The number of aromatic nitrogens is 2. The molecule has 0 atom stereocenters. The van der Waals surface area contributed by atoms with E-state index in [4.69, 9.17) is 5.73 Å². The molecule has 2 N–H and O–H groups in total. The van der Waals surface area contributed by atoms with Crippen molar-refractivity contribution in [3.63, 3.8) is 0 Å². The highest BCUT2D eigenvalue weighted by atomic mass is 16.1. The van der Waals surface area contributed by atoms with Gasteiger partial charge in [0.1, 0.15) is 0 Å². The molecule has 0 unspecified atom stereocenters. The highest BCUT2D eigenvalue weighted by molar-refractivity contribution is 5.55. The molecule has 0 spiro atoms. The van der Waals surface area contributed by atoms with Gasteiger partial charge in [-0.3, -0.25) is 4.79 Å². The fourth-order valence-corrected chi connectivity index (χ4v) is 1.99. The van der Waals surface area contributed by atoms with Crippen molar-refractivity contribution in [1.82, 2.24) is 9.66 Å². The van der Waals surface area contributed by atoms with Crippen LogP contribution in [0.4, 0.5) is 5.95 Å². The Morgan fingerprint density at radius 2 is 2.18 bits per heavy atom. The normalized spacial score (nSPS) is 17.8. The molecule has 1 aromatic heterocycles. The summed E-state index contributed by atoms with van der Waals surface area (Å²) < 4.78 is 1.78. The van der Waals surface area contributed by atoms with Crippen LogP contribution >= 0.6 is 0 Å². The summed E-state index contributed by atoms with van der Waals surface area (Å²) in [5.41, 5.74) is 7.08. The first-order valence-electron chi connectivity index (χ1n) is 5.53. The minimum absolute atomic E-state index is 0.233. The first-order chi connectivity index (χ1) is 8.11. The van der Waals surface area contributed by atoms with E-state index in [9.17, 15) is 4.79 Å². The molecule has 1 heterocycles. The molecule has 0 saturated carbocycles. The Kier molecular flexibility index (Phi) is 2.99. The van der Waals surface area contributed by atoms with Crippen molar-refractivity contribution < 1.29 is 0 Å². The topological polar surface area (TPSA) is 64.2 Å². The maximum Gasteiger partial charge on any atom is 0.282 e. The Morgan fingerprint density at radius 3 is 2.88 bits per heavy atom. The number of nitrogens with zero attached hydrogens (tertiary/aromatic N) is 3. The number of allylic oxidation sites excluding steroid dienone is 3. The van der Waals surface area contributed by atoms with E-state index in [1.54, 1.807) is 10.8 Å². The zero-order valence-electron chi connectivity index (χ0n) is 10.1. The van der Waals surface area contributed by atoms with Crippen LogP contribution in [0.25, 0.3) is 6.08 Å². The van der Waals surface area contributed by atoms with E-state index in [2.05, 4.69) is 11.1 Å². The third kappa shape index (κ3) is 2.08. The molecule has 0 fully saturated rings. The molecule has 1 aliphatic carbocycles. The summed E-state index contributed by atoms with van der Waals surface area (Å²) in [6.45, 7) is 0. The molecular weight excluding hydrogens is 216 g/mol. The second kappa shape index (κ2) is 4.45. The van der Waals surface area contributed by atoms with E-state index in [1.807, 2.05) is 31.3 Å². The predicted molar refractivity (Wildman–Crippen MR) is 69.5 cm³/mol. The van der Waals surface area contributed by atoms with E-state index >= 15 is 0 Å². The Morgan fingerprint density at radius 1 is 1.41 bits per heavy atom. The second-order valence-electron chi connectivity index (χ2n) is 4.12. The first kappa shape index (κ1) is 11.4. The molecule has 0 aromatic carbocycles. The van der Waals surface area contributed by atoms with Crippen LogP contribution in [0.3, 0.4) is 0 Å². The van der Waals surface area contributed by atoms with E-state index in [1.165, 1.54) is 0 Å². The first-order valence-corrected chi connectivity index (χ1v) is 5.53. The Balaban J connectivity index is 2.72. The second-order valence-corrected chi connectivity index (χ2v) is 4.12. The van der Waals surface area contributed by atoms with Crippen LogP contribution in [0.15, 0.2) is 23.0 Å². The lowest BCUT2D eigenvalue weighted by Crippen LogP contribution is -2.35. The molecule has 1 aromatic rings. The number of rotatable bonds is 1. The van der Waals surface area contributed by atoms with Gasteiger partial charge in [0.05, 0.1) is 11.3 Å². The molecule has 5 heteroatoms. The standard InChI is InChI=1S/C12H16N4O/c1-15(2)16-10-8-6-4-3-5-7-9(10)11(17)14-12(16)13/h3-5,7H,6,8H2,1-2H3,(H2,13,14,17)/b4-3-,7-5-. The maximum atomic E-state index is 11.8. The summed E-state index contributed by atoms with van der Waals surface area (Å²) in [4.78, 5) is 15.7. The van der Waals surface area contributed by atoms with E-state index in [-0.39, 0.29) is 11.5 Å². The summed E-state index contributed by atoms with van der Waals surface area (Å²) in [6, 6.07) is 0. The largest absolute Gasteiger partial charge is 0.368 e. The summed E-state index contributed by atoms with van der Waals surface area (Å²) in [6.07, 6.45) is 9.32. The van der Waals surface area contributed by atoms with Crippen molar-refractivity contribution in [3.8, 4) is 0 Å². The monoisotopic (exact) mass is 232 g/mol. The lowest BCUT2D eigenvalue weighted by atomic mass is 10.1. The third-order valence-corrected chi connectivity index (χ3v) is 2.69. The number of nitrogens with two attached hydrogens (primary N) is 1. The van der Waals surface area contributed by atoms with Crippen molar-refractivity contribution in [1.29, 1.82) is 0 Å². The van der Waals surface area contributed by atoms with Crippen molar-refractivity contribution in [2.75, 3.05) is 24.8 Å². The Hall–Kier alpha value is -2.04. The lowest BCUT2D eigenvalue weighted by molar-refractivity contribution is 0.664. The van der Waals surface area contributed by atoms with Gasteiger partial charge in [0.25, 0.3) is 5.56 Å². The molecule has 90 valence electrons. The average molecular weight is 232 g/mol. The molecule has 0 aliphatic heterocycles. The van der Waals surface area contributed by atoms with Gasteiger partial charge in [0.2, 0.25) is 5.95 Å². The minimum atomic E-state index is -0.262. The molecule has 17 heavy (non-hydrogen) atoms. The van der Waals surface area contributed by atoms with Crippen molar-refractivity contribution in [2.24, 2.45) is 0 Å². The molecule has 0 radical (unpaired) electrons. The van der Waals surface area contributed by atoms with Gasteiger partial charge in [0.15, 0.2) is 0 Å². The van der Waals surface area contributed by atoms with Crippen LogP contribution in [0.5, 0.6) is 0 Å². The third-order valence-electron chi connectivity index (χ3n) is 2.69. The zero-order valence-corrected chi connectivity index (χ0v) is 10.1. The fraction of sp³-hybridized carbons (Fsp3) is 0.333. The van der Waals surface area contributed by atoms with Crippen molar-refractivity contribution in [2.45, 2.75) is 12.8 Å². The average Bonchev–Trinajstić information content (AvgIpc) is 2.19. The van der Waals surface area contributed by atoms with Gasteiger partial charge in [0, 0.05) is 14.1 Å². The Labute approximate surface area is 99.8 Å². The molecule has 5 nitrogen and oxygen atoms in total. The molecule has 0 amide bonds.